The van der Waals surface area contributed by atoms with E-state index in [4.69, 9.17) is 5.73 Å². The van der Waals surface area contributed by atoms with Gasteiger partial charge in [0.05, 0.1) is 0 Å². The highest BCUT2D eigenvalue weighted by Crippen LogP contribution is 2.33. The van der Waals surface area contributed by atoms with Crippen LogP contribution in [0.4, 0.5) is 0 Å². The molecule has 72 valence electrons. The van der Waals surface area contributed by atoms with Crippen LogP contribution in [0, 0.1) is 6.92 Å². The standard InChI is InChI=1S/C10H12BrN.ClH/c1-6-4-7-2-3-10(12)8(7)5-9(6)11;/h4-5,10H,2-3,12H2,1H3;1H/t10-;/m1./s1. The van der Waals surface area contributed by atoms with Crippen molar-refractivity contribution in [1.29, 1.82) is 0 Å². The van der Waals surface area contributed by atoms with E-state index in [0.29, 0.717) is 0 Å². The lowest BCUT2D eigenvalue weighted by Crippen LogP contribution is -2.05. The Morgan fingerprint density at radius 3 is 2.85 bits per heavy atom. The third-order valence-electron chi connectivity index (χ3n) is 2.54. The maximum atomic E-state index is 5.94. The van der Waals surface area contributed by atoms with Crippen molar-refractivity contribution >= 4 is 28.3 Å². The number of aryl methyl sites for hydroxylation is 2. The first-order chi connectivity index (χ1) is 5.68. The van der Waals surface area contributed by atoms with E-state index in [1.54, 1.807) is 0 Å². The first-order valence-corrected chi connectivity index (χ1v) is 5.02. The first-order valence-electron chi connectivity index (χ1n) is 4.23. The molecule has 0 unspecified atom stereocenters. The highest BCUT2D eigenvalue weighted by atomic mass is 79.9. The van der Waals surface area contributed by atoms with Crippen LogP contribution in [0.2, 0.25) is 0 Å². The molecule has 0 amide bonds. The van der Waals surface area contributed by atoms with Gasteiger partial charge in [-0.3, -0.25) is 0 Å². The fraction of sp³-hybridized carbons (Fsp3) is 0.400. The topological polar surface area (TPSA) is 26.0 Å². The van der Waals surface area contributed by atoms with E-state index in [9.17, 15) is 0 Å². The monoisotopic (exact) mass is 261 g/mol. The molecule has 0 fully saturated rings. The highest BCUT2D eigenvalue weighted by Gasteiger charge is 2.19. The Kier molecular flexibility index (Phi) is 3.38. The minimum Gasteiger partial charge on any atom is -0.324 e. The molecule has 1 aromatic rings. The fourth-order valence-corrected chi connectivity index (χ4v) is 2.15. The summed E-state index contributed by atoms with van der Waals surface area (Å²) >= 11 is 3.52. The fourth-order valence-electron chi connectivity index (χ4n) is 1.78. The maximum absolute atomic E-state index is 5.94. The summed E-state index contributed by atoms with van der Waals surface area (Å²) in [7, 11) is 0. The molecule has 1 nitrogen and oxygen atoms in total. The summed E-state index contributed by atoms with van der Waals surface area (Å²) in [5.74, 6) is 0. The summed E-state index contributed by atoms with van der Waals surface area (Å²) in [5, 5.41) is 0. The van der Waals surface area contributed by atoms with E-state index < -0.39 is 0 Å². The van der Waals surface area contributed by atoms with Gasteiger partial charge >= 0.3 is 0 Å². The third kappa shape index (κ3) is 1.90. The molecule has 0 spiro atoms. The van der Waals surface area contributed by atoms with Crippen molar-refractivity contribution in [1.82, 2.24) is 0 Å². The van der Waals surface area contributed by atoms with Crippen LogP contribution in [0.5, 0.6) is 0 Å². The molecule has 1 aromatic carbocycles. The average Bonchev–Trinajstić information content (AvgIpc) is 2.35. The summed E-state index contributed by atoms with van der Waals surface area (Å²) in [6, 6.07) is 4.67. The van der Waals surface area contributed by atoms with Crippen LogP contribution >= 0.6 is 28.3 Å². The summed E-state index contributed by atoms with van der Waals surface area (Å²) in [4.78, 5) is 0. The molecule has 3 heteroatoms. The minimum atomic E-state index is 0. The SMILES string of the molecule is Cc1cc2c(cc1Br)[C@H](N)CC2.Cl. The van der Waals surface area contributed by atoms with Crippen LogP contribution in [-0.2, 0) is 6.42 Å². The van der Waals surface area contributed by atoms with E-state index >= 15 is 0 Å². The summed E-state index contributed by atoms with van der Waals surface area (Å²) in [5.41, 5.74) is 10.0. The zero-order valence-corrected chi connectivity index (χ0v) is 9.91. The molecule has 0 aromatic heterocycles. The molecule has 2 rings (SSSR count). The van der Waals surface area contributed by atoms with Crippen molar-refractivity contribution in [3.63, 3.8) is 0 Å². The molecule has 1 aliphatic carbocycles. The Bertz CT molecular complexity index is 325. The second kappa shape index (κ2) is 3.99. The Balaban J connectivity index is 0.000000845. The van der Waals surface area contributed by atoms with Gasteiger partial charge in [-0.25, -0.2) is 0 Å². The Morgan fingerprint density at radius 1 is 1.46 bits per heavy atom. The van der Waals surface area contributed by atoms with Crippen molar-refractivity contribution in [2.75, 3.05) is 0 Å². The molecule has 0 radical (unpaired) electrons. The largest absolute Gasteiger partial charge is 0.324 e. The summed E-state index contributed by atoms with van der Waals surface area (Å²) < 4.78 is 1.18. The van der Waals surface area contributed by atoms with Gasteiger partial charge in [-0.1, -0.05) is 22.0 Å². The lowest BCUT2D eigenvalue weighted by molar-refractivity contribution is 0.713. The van der Waals surface area contributed by atoms with E-state index in [2.05, 4.69) is 35.0 Å². The number of hydrogen-bond donors (Lipinski definition) is 1. The van der Waals surface area contributed by atoms with Crippen LogP contribution in [0.25, 0.3) is 0 Å². The molecule has 0 saturated heterocycles. The normalized spacial score (nSPS) is 19.5. The zero-order valence-electron chi connectivity index (χ0n) is 7.51. The van der Waals surface area contributed by atoms with Crippen molar-refractivity contribution in [3.05, 3.63) is 33.3 Å². The van der Waals surface area contributed by atoms with Gasteiger partial charge in [0.15, 0.2) is 0 Å². The molecule has 13 heavy (non-hydrogen) atoms. The van der Waals surface area contributed by atoms with Crippen LogP contribution in [0.3, 0.4) is 0 Å². The molecule has 1 atom stereocenters. The smallest absolute Gasteiger partial charge is 0.0301 e. The van der Waals surface area contributed by atoms with E-state index in [1.165, 1.54) is 21.2 Å². The quantitative estimate of drug-likeness (QED) is 0.764. The number of halogens is 2. The Hall–Kier alpha value is -0.0500. The van der Waals surface area contributed by atoms with Crippen LogP contribution in [-0.4, -0.2) is 0 Å². The minimum absolute atomic E-state index is 0. The molecule has 0 saturated carbocycles. The number of nitrogens with two attached hydrogens (primary N) is 1. The second-order valence-electron chi connectivity index (χ2n) is 3.45. The van der Waals surface area contributed by atoms with Gasteiger partial charge in [-0.05, 0) is 42.5 Å². The Labute approximate surface area is 93.2 Å². The van der Waals surface area contributed by atoms with Crippen molar-refractivity contribution in [2.45, 2.75) is 25.8 Å². The predicted molar refractivity (Wildman–Crippen MR) is 61.4 cm³/mol. The summed E-state index contributed by atoms with van der Waals surface area (Å²) in [6.45, 7) is 2.12. The lowest BCUT2D eigenvalue weighted by atomic mass is 10.1. The first kappa shape index (κ1) is 11.0. The second-order valence-corrected chi connectivity index (χ2v) is 4.30. The van der Waals surface area contributed by atoms with Gasteiger partial charge < -0.3 is 5.73 Å². The Morgan fingerprint density at radius 2 is 2.15 bits per heavy atom. The number of fused-ring (bicyclic) bond motifs is 1. The van der Waals surface area contributed by atoms with Gasteiger partial charge in [-0.15, -0.1) is 12.4 Å². The zero-order chi connectivity index (χ0) is 8.72. The molecule has 2 N–H and O–H groups in total. The van der Waals surface area contributed by atoms with E-state index in [0.717, 1.165) is 12.8 Å². The van der Waals surface area contributed by atoms with Gasteiger partial charge in [0.1, 0.15) is 0 Å². The maximum Gasteiger partial charge on any atom is 0.0301 e. The molecule has 0 heterocycles. The molecular weight excluding hydrogens is 249 g/mol. The number of benzene rings is 1. The summed E-state index contributed by atoms with van der Waals surface area (Å²) in [6.07, 6.45) is 2.25. The van der Waals surface area contributed by atoms with Gasteiger partial charge in [0, 0.05) is 10.5 Å². The van der Waals surface area contributed by atoms with Crippen LogP contribution < -0.4 is 5.73 Å². The molecule has 1 aliphatic rings. The van der Waals surface area contributed by atoms with Crippen molar-refractivity contribution in [2.24, 2.45) is 5.73 Å². The predicted octanol–water partition coefficient (Wildman–Crippen LogP) is 3.13. The van der Waals surface area contributed by atoms with Crippen LogP contribution in [0.1, 0.15) is 29.2 Å². The third-order valence-corrected chi connectivity index (χ3v) is 3.40. The van der Waals surface area contributed by atoms with Crippen LogP contribution in [0.15, 0.2) is 16.6 Å². The van der Waals surface area contributed by atoms with Gasteiger partial charge in [0.2, 0.25) is 0 Å². The molecule has 0 bridgehead atoms. The van der Waals surface area contributed by atoms with Crippen molar-refractivity contribution in [3.8, 4) is 0 Å². The average molecular weight is 263 g/mol. The molecular formula is C10H13BrClN. The number of rotatable bonds is 0. The number of hydrogen-bond acceptors (Lipinski definition) is 1. The van der Waals surface area contributed by atoms with E-state index in [-0.39, 0.29) is 18.4 Å². The van der Waals surface area contributed by atoms with Crippen molar-refractivity contribution < 1.29 is 0 Å². The highest BCUT2D eigenvalue weighted by molar-refractivity contribution is 9.10. The van der Waals surface area contributed by atoms with Gasteiger partial charge in [0.25, 0.3) is 0 Å². The molecule has 0 aliphatic heterocycles. The lowest BCUT2D eigenvalue weighted by Gasteiger charge is -2.06. The van der Waals surface area contributed by atoms with Gasteiger partial charge in [-0.2, -0.15) is 0 Å². The van der Waals surface area contributed by atoms with E-state index in [1.807, 2.05) is 0 Å².